The first-order valence-electron chi connectivity index (χ1n) is 8.47. The Labute approximate surface area is 154 Å². The molecule has 4 aromatic rings. The van der Waals surface area contributed by atoms with E-state index in [1.165, 1.54) is 5.56 Å². The number of aryl methyl sites for hydroxylation is 2. The lowest BCUT2D eigenvalue weighted by Gasteiger charge is -2.23. The van der Waals surface area contributed by atoms with Gasteiger partial charge in [0.15, 0.2) is 0 Å². The molecule has 0 bridgehead atoms. The van der Waals surface area contributed by atoms with Crippen molar-refractivity contribution in [3.63, 3.8) is 0 Å². The number of para-hydroxylation sites is 2. The van der Waals surface area contributed by atoms with Crippen molar-refractivity contribution in [2.45, 2.75) is 19.3 Å². The number of anilines is 1. The van der Waals surface area contributed by atoms with Crippen LogP contribution in [0.15, 0.2) is 41.1 Å². The molecule has 0 aliphatic carbocycles. The molecule has 1 N–H and O–H groups in total. The second kappa shape index (κ2) is 5.54. The lowest BCUT2D eigenvalue weighted by Crippen LogP contribution is -2.25. The molecule has 6 nitrogen and oxygen atoms in total. The monoisotopic (exact) mass is 363 g/mol. The molecule has 130 valence electrons. The van der Waals surface area contributed by atoms with Crippen LogP contribution in [0.4, 0.5) is 5.82 Å². The van der Waals surface area contributed by atoms with Gasteiger partial charge in [-0.3, -0.25) is 4.79 Å². The highest BCUT2D eigenvalue weighted by molar-refractivity contribution is 7.08. The van der Waals surface area contributed by atoms with Crippen LogP contribution in [0, 0.1) is 6.92 Å². The lowest BCUT2D eigenvalue weighted by atomic mass is 9.87. The van der Waals surface area contributed by atoms with E-state index in [4.69, 9.17) is 10.1 Å². The number of amides is 1. The van der Waals surface area contributed by atoms with Crippen molar-refractivity contribution < 1.29 is 4.79 Å². The molecule has 1 aliphatic heterocycles. The van der Waals surface area contributed by atoms with Crippen molar-refractivity contribution in [1.29, 1.82) is 0 Å². The maximum Gasteiger partial charge on any atom is 0.233 e. The number of fused-ring (bicyclic) bond motifs is 2. The number of carbonyl (C=O) groups excluding carboxylic acids is 1. The third-order valence-corrected chi connectivity index (χ3v) is 5.70. The van der Waals surface area contributed by atoms with Crippen molar-refractivity contribution >= 4 is 34.1 Å². The number of hydrogen-bond acceptors (Lipinski definition) is 4. The molecule has 1 unspecified atom stereocenters. The summed E-state index contributed by atoms with van der Waals surface area (Å²) in [6.07, 6.45) is 0.443. The highest BCUT2D eigenvalue weighted by Crippen LogP contribution is 2.40. The Morgan fingerprint density at radius 1 is 1.27 bits per heavy atom. The zero-order valence-corrected chi connectivity index (χ0v) is 15.2. The smallest absolute Gasteiger partial charge is 0.233 e. The fraction of sp³-hybridized carbons (Fsp3) is 0.211. The summed E-state index contributed by atoms with van der Waals surface area (Å²) in [4.78, 5) is 17.1. The first-order chi connectivity index (χ1) is 12.6. The average molecular weight is 363 g/mol. The molecule has 0 saturated carbocycles. The van der Waals surface area contributed by atoms with Gasteiger partial charge in [0.05, 0.1) is 16.7 Å². The van der Waals surface area contributed by atoms with E-state index in [0.29, 0.717) is 12.4 Å². The van der Waals surface area contributed by atoms with Crippen LogP contribution >= 0.6 is 11.3 Å². The Bertz CT molecular complexity index is 1140. The quantitative estimate of drug-likeness (QED) is 0.592. The van der Waals surface area contributed by atoms with Crippen LogP contribution in [-0.4, -0.2) is 25.2 Å². The lowest BCUT2D eigenvalue weighted by molar-refractivity contribution is -0.116. The van der Waals surface area contributed by atoms with Gasteiger partial charge in [-0.25, -0.2) is 4.98 Å². The Hall–Kier alpha value is -2.93. The average Bonchev–Trinajstić information content (AvgIpc) is 3.34. The van der Waals surface area contributed by atoms with Gasteiger partial charge in [0.2, 0.25) is 11.9 Å². The molecule has 1 amide bonds. The third kappa shape index (κ3) is 2.13. The first-order valence-corrected chi connectivity index (χ1v) is 9.41. The summed E-state index contributed by atoms with van der Waals surface area (Å²) in [7, 11) is 1.97. The van der Waals surface area contributed by atoms with Gasteiger partial charge in [-0.15, -0.1) is 0 Å². The molecule has 0 saturated heterocycles. The number of carbonyl (C=O) groups is 1. The summed E-state index contributed by atoms with van der Waals surface area (Å²) in [5.41, 5.74) is 5.10. The third-order valence-electron chi connectivity index (χ3n) is 5.00. The summed E-state index contributed by atoms with van der Waals surface area (Å²) in [5.74, 6) is 1.47. The van der Waals surface area contributed by atoms with Crippen LogP contribution in [0.3, 0.4) is 0 Å². The largest absolute Gasteiger partial charge is 0.311 e. The molecule has 7 heteroatoms. The summed E-state index contributed by atoms with van der Waals surface area (Å²) >= 11 is 1.65. The highest BCUT2D eigenvalue weighted by Gasteiger charge is 2.33. The van der Waals surface area contributed by atoms with E-state index in [2.05, 4.69) is 16.8 Å². The number of benzene rings is 1. The summed E-state index contributed by atoms with van der Waals surface area (Å²) < 4.78 is 3.77. The predicted molar refractivity (Wildman–Crippen MR) is 102 cm³/mol. The maximum atomic E-state index is 12.4. The topological polar surface area (TPSA) is 64.7 Å². The maximum absolute atomic E-state index is 12.4. The number of nitrogens with one attached hydrogen (secondary N) is 1. The number of imidazole rings is 1. The van der Waals surface area contributed by atoms with Crippen molar-refractivity contribution in [1.82, 2.24) is 19.3 Å². The molecule has 1 atom stereocenters. The van der Waals surface area contributed by atoms with Crippen molar-refractivity contribution in [2.24, 2.45) is 7.05 Å². The van der Waals surface area contributed by atoms with E-state index in [0.717, 1.165) is 28.1 Å². The standard InChI is InChI=1S/C19H17N5OS/c1-11-17-13(12-7-8-26-10-12)9-16(25)21-18(17)24(22-11)19-20-14-5-3-4-6-15(14)23(19)2/h3-8,10,13H,9H2,1-2H3,(H,21,25). The summed E-state index contributed by atoms with van der Waals surface area (Å²) in [5, 5.41) is 11.9. The van der Waals surface area contributed by atoms with Gasteiger partial charge in [-0.1, -0.05) is 12.1 Å². The van der Waals surface area contributed by atoms with Gasteiger partial charge in [-0.05, 0) is 41.4 Å². The molecule has 3 aromatic heterocycles. The number of thiophene rings is 1. The van der Waals surface area contributed by atoms with Gasteiger partial charge >= 0.3 is 0 Å². The molecule has 1 aromatic carbocycles. The highest BCUT2D eigenvalue weighted by atomic mass is 32.1. The molecular formula is C19H17N5OS. The fourth-order valence-corrected chi connectivity index (χ4v) is 4.49. The Kier molecular flexibility index (Phi) is 3.27. The van der Waals surface area contributed by atoms with Crippen LogP contribution in [-0.2, 0) is 11.8 Å². The normalized spacial score (nSPS) is 16.7. The zero-order valence-electron chi connectivity index (χ0n) is 14.4. The van der Waals surface area contributed by atoms with E-state index in [9.17, 15) is 4.79 Å². The van der Waals surface area contributed by atoms with Crippen molar-refractivity contribution in [3.05, 3.63) is 57.9 Å². The van der Waals surface area contributed by atoms with E-state index < -0.39 is 0 Å². The van der Waals surface area contributed by atoms with Gasteiger partial charge in [0.1, 0.15) is 5.82 Å². The number of rotatable bonds is 2. The van der Waals surface area contributed by atoms with Crippen LogP contribution in [0.5, 0.6) is 0 Å². The number of hydrogen-bond donors (Lipinski definition) is 1. The van der Waals surface area contributed by atoms with Crippen LogP contribution < -0.4 is 5.32 Å². The fourth-order valence-electron chi connectivity index (χ4n) is 3.77. The Morgan fingerprint density at radius 3 is 2.88 bits per heavy atom. The zero-order chi connectivity index (χ0) is 17.8. The second-order valence-electron chi connectivity index (χ2n) is 6.58. The van der Waals surface area contributed by atoms with Gasteiger partial charge in [-0.2, -0.15) is 21.1 Å². The van der Waals surface area contributed by atoms with E-state index >= 15 is 0 Å². The minimum Gasteiger partial charge on any atom is -0.311 e. The summed E-state index contributed by atoms with van der Waals surface area (Å²) in [6.45, 7) is 1.99. The second-order valence-corrected chi connectivity index (χ2v) is 7.36. The predicted octanol–water partition coefficient (Wildman–Crippen LogP) is 3.60. The molecule has 26 heavy (non-hydrogen) atoms. The van der Waals surface area contributed by atoms with Crippen molar-refractivity contribution in [2.75, 3.05) is 5.32 Å². The van der Waals surface area contributed by atoms with Gasteiger partial charge in [0, 0.05) is 24.9 Å². The van der Waals surface area contributed by atoms with Gasteiger partial charge in [0.25, 0.3) is 0 Å². The minimum atomic E-state index is 0.00798. The van der Waals surface area contributed by atoms with E-state index in [1.54, 1.807) is 16.0 Å². The molecule has 0 spiro atoms. The Balaban J connectivity index is 1.74. The molecule has 0 radical (unpaired) electrons. The molecule has 0 fully saturated rings. The van der Waals surface area contributed by atoms with E-state index in [1.807, 2.05) is 48.2 Å². The molecule has 1 aliphatic rings. The van der Waals surface area contributed by atoms with Crippen LogP contribution in [0.1, 0.15) is 29.2 Å². The Morgan fingerprint density at radius 2 is 2.12 bits per heavy atom. The number of nitrogens with zero attached hydrogens (tertiary/aromatic N) is 4. The molecular weight excluding hydrogens is 346 g/mol. The van der Waals surface area contributed by atoms with Crippen molar-refractivity contribution in [3.8, 4) is 5.95 Å². The molecule has 4 heterocycles. The SMILES string of the molecule is Cc1nn(-c2nc3ccccc3n2C)c2c1C(c1ccsc1)CC(=O)N2. The van der Waals surface area contributed by atoms with Gasteiger partial charge < -0.3 is 9.88 Å². The minimum absolute atomic E-state index is 0.00798. The van der Waals surface area contributed by atoms with Crippen LogP contribution in [0.2, 0.25) is 0 Å². The first kappa shape index (κ1) is 15.3. The summed E-state index contributed by atoms with van der Waals surface area (Å²) in [6, 6.07) is 10.1. The molecule has 5 rings (SSSR count). The van der Waals surface area contributed by atoms with E-state index in [-0.39, 0.29) is 11.8 Å². The van der Waals surface area contributed by atoms with Crippen LogP contribution in [0.25, 0.3) is 17.0 Å². The number of aromatic nitrogens is 4.